The van der Waals surface area contributed by atoms with Gasteiger partial charge in [0.05, 0.1) is 19.8 Å². The van der Waals surface area contributed by atoms with Gasteiger partial charge in [-0.2, -0.15) is 0 Å². The molecule has 0 aliphatic rings. The Morgan fingerprint density at radius 1 is 0.509 bits per heavy atom. The van der Waals surface area contributed by atoms with E-state index in [-0.39, 0.29) is 13.0 Å². The van der Waals surface area contributed by atoms with Gasteiger partial charge in [0.15, 0.2) is 6.10 Å². The highest BCUT2D eigenvalue weighted by atomic mass is 31.2. The van der Waals surface area contributed by atoms with Crippen molar-refractivity contribution in [1.29, 1.82) is 0 Å². The quantitative estimate of drug-likeness (QED) is 0.0308. The predicted molar refractivity (Wildman–Crippen MR) is 224 cm³/mol. The van der Waals surface area contributed by atoms with Crippen molar-refractivity contribution in [1.82, 2.24) is 0 Å². The summed E-state index contributed by atoms with van der Waals surface area (Å²) in [6.45, 7) is 1.32. The second-order valence-corrected chi connectivity index (χ2v) is 17.3. The normalized spacial score (nSPS) is 13.8. The molecule has 0 aliphatic heterocycles. The standard InChI is InChI=1S/C44H87O10P/c1-3-4-5-6-7-8-9-10-11-12-13-14-15-16-17-18-19-20-21-22-23-24-25-26-27-28-29-30-31-32-33-34-35-36-44(48)51-39-43(54-41(2)46)40-53-55(49,50)52-38-42(47)37-45/h42-43,45,47H,3-40H2,1-2H3,(H,49,50)/t42-,43+/m0/s1. The molecule has 0 aromatic carbocycles. The summed E-state index contributed by atoms with van der Waals surface area (Å²) >= 11 is 0. The summed E-state index contributed by atoms with van der Waals surface area (Å²) in [5.41, 5.74) is 0. The van der Waals surface area contributed by atoms with Crippen molar-refractivity contribution in [3.05, 3.63) is 0 Å². The Kier molecular flexibility index (Phi) is 40.4. The van der Waals surface area contributed by atoms with E-state index in [1.807, 2.05) is 0 Å². The Morgan fingerprint density at radius 2 is 0.818 bits per heavy atom. The van der Waals surface area contributed by atoms with Crippen LogP contribution in [0.25, 0.3) is 0 Å². The SMILES string of the molecule is CCCCCCCCCCCCCCCCCCCCCCCCCCCCCCCCCCCC(=O)OC[C@H](COP(=O)(O)OC[C@@H](O)CO)OC(C)=O. The van der Waals surface area contributed by atoms with Crippen molar-refractivity contribution < 1.29 is 47.8 Å². The van der Waals surface area contributed by atoms with Gasteiger partial charge in [-0.3, -0.25) is 18.6 Å². The average Bonchev–Trinajstić information content (AvgIpc) is 3.16. The summed E-state index contributed by atoms with van der Waals surface area (Å²) in [6, 6.07) is 0. The molecule has 0 saturated heterocycles. The number of unbranched alkanes of at least 4 members (excludes halogenated alkanes) is 32. The fourth-order valence-electron chi connectivity index (χ4n) is 6.88. The van der Waals surface area contributed by atoms with Crippen LogP contribution in [0.2, 0.25) is 0 Å². The van der Waals surface area contributed by atoms with Crippen LogP contribution in [0.4, 0.5) is 0 Å². The van der Waals surface area contributed by atoms with Crippen LogP contribution in [0.3, 0.4) is 0 Å². The Morgan fingerprint density at radius 3 is 1.13 bits per heavy atom. The average molecular weight is 807 g/mol. The Balaban J connectivity index is 3.44. The molecule has 0 spiro atoms. The van der Waals surface area contributed by atoms with E-state index < -0.39 is 51.8 Å². The van der Waals surface area contributed by atoms with Crippen molar-refractivity contribution in [2.24, 2.45) is 0 Å². The summed E-state index contributed by atoms with van der Waals surface area (Å²) in [4.78, 5) is 33.2. The smallest absolute Gasteiger partial charge is 0.462 e. The number of rotatable bonds is 44. The maximum Gasteiger partial charge on any atom is 0.472 e. The van der Waals surface area contributed by atoms with Gasteiger partial charge in [0, 0.05) is 13.3 Å². The maximum absolute atomic E-state index is 12.1. The zero-order chi connectivity index (χ0) is 40.5. The lowest BCUT2D eigenvalue weighted by molar-refractivity contribution is -0.159. The molecular formula is C44H87O10P. The van der Waals surface area contributed by atoms with E-state index in [0.717, 1.165) is 19.8 Å². The molecule has 55 heavy (non-hydrogen) atoms. The maximum atomic E-state index is 12.1. The van der Waals surface area contributed by atoms with Crippen molar-refractivity contribution in [2.45, 2.75) is 244 Å². The van der Waals surface area contributed by atoms with E-state index in [1.54, 1.807) is 0 Å². The number of carbonyl (C=O) groups excluding carboxylic acids is 2. The molecule has 3 N–H and O–H groups in total. The van der Waals surface area contributed by atoms with Crippen molar-refractivity contribution in [3.8, 4) is 0 Å². The highest BCUT2D eigenvalue weighted by Gasteiger charge is 2.26. The van der Waals surface area contributed by atoms with E-state index in [1.165, 1.54) is 193 Å². The molecule has 0 amide bonds. The lowest BCUT2D eigenvalue weighted by atomic mass is 10.0. The Bertz CT molecular complexity index is 889. The van der Waals surface area contributed by atoms with Gasteiger partial charge in [-0.05, 0) is 6.42 Å². The molecule has 0 radical (unpaired) electrons. The topological polar surface area (TPSA) is 149 Å². The minimum atomic E-state index is -4.56. The van der Waals surface area contributed by atoms with E-state index >= 15 is 0 Å². The summed E-state index contributed by atoms with van der Waals surface area (Å²) in [5.74, 6) is -1.10. The van der Waals surface area contributed by atoms with Crippen LogP contribution in [-0.4, -0.2) is 65.7 Å². The third-order valence-corrected chi connectivity index (χ3v) is 11.3. The zero-order valence-electron chi connectivity index (χ0n) is 35.7. The highest BCUT2D eigenvalue weighted by Crippen LogP contribution is 2.43. The number of phosphoric ester groups is 1. The summed E-state index contributed by atoms with van der Waals surface area (Å²) in [7, 11) is -4.56. The largest absolute Gasteiger partial charge is 0.472 e. The molecule has 1 unspecified atom stereocenters. The second kappa shape index (κ2) is 41.1. The molecule has 0 heterocycles. The number of ether oxygens (including phenoxy) is 2. The van der Waals surface area contributed by atoms with Crippen LogP contribution in [-0.2, 0) is 32.7 Å². The molecular weight excluding hydrogens is 719 g/mol. The second-order valence-electron chi connectivity index (χ2n) is 15.9. The first-order valence-corrected chi connectivity index (χ1v) is 24.4. The molecule has 0 aromatic rings. The molecule has 10 nitrogen and oxygen atoms in total. The van der Waals surface area contributed by atoms with E-state index in [0.29, 0.717) is 6.42 Å². The van der Waals surface area contributed by atoms with Gasteiger partial charge in [0.1, 0.15) is 12.7 Å². The summed E-state index contributed by atoms with van der Waals surface area (Å²) < 4.78 is 31.4. The molecule has 3 atom stereocenters. The third kappa shape index (κ3) is 42.4. The van der Waals surface area contributed by atoms with Crippen LogP contribution in [0.1, 0.15) is 232 Å². The monoisotopic (exact) mass is 807 g/mol. The Hall–Kier alpha value is -1.03. The summed E-state index contributed by atoms with van der Waals surface area (Å²) in [5, 5.41) is 18.0. The van der Waals surface area contributed by atoms with E-state index in [2.05, 4.69) is 11.4 Å². The van der Waals surface area contributed by atoms with Crippen molar-refractivity contribution in [3.63, 3.8) is 0 Å². The first-order valence-electron chi connectivity index (χ1n) is 22.9. The number of hydrogen-bond acceptors (Lipinski definition) is 9. The highest BCUT2D eigenvalue weighted by molar-refractivity contribution is 7.47. The van der Waals surface area contributed by atoms with E-state index in [9.17, 15) is 24.2 Å². The lowest BCUT2D eigenvalue weighted by Crippen LogP contribution is -2.29. The van der Waals surface area contributed by atoms with Gasteiger partial charge in [0.25, 0.3) is 0 Å². The minimum Gasteiger partial charge on any atom is -0.462 e. The summed E-state index contributed by atoms with van der Waals surface area (Å²) in [6.07, 6.45) is 42.6. The number of esters is 2. The number of phosphoric acid groups is 1. The van der Waals surface area contributed by atoms with Gasteiger partial charge < -0.3 is 24.6 Å². The number of aliphatic hydroxyl groups excluding tert-OH is 2. The van der Waals surface area contributed by atoms with Crippen LogP contribution >= 0.6 is 7.82 Å². The number of aliphatic hydroxyl groups is 2. The molecule has 0 saturated carbocycles. The van der Waals surface area contributed by atoms with Gasteiger partial charge in [-0.1, -0.05) is 212 Å². The molecule has 0 bridgehead atoms. The first-order chi connectivity index (χ1) is 26.7. The third-order valence-electron chi connectivity index (χ3n) is 10.3. The van der Waals surface area contributed by atoms with Crippen LogP contribution in [0.5, 0.6) is 0 Å². The van der Waals surface area contributed by atoms with Crippen LogP contribution < -0.4 is 0 Å². The molecule has 0 aliphatic carbocycles. The molecule has 0 fully saturated rings. The van der Waals surface area contributed by atoms with Gasteiger partial charge in [0.2, 0.25) is 0 Å². The minimum absolute atomic E-state index is 0.244. The van der Waals surface area contributed by atoms with Gasteiger partial charge in [-0.15, -0.1) is 0 Å². The zero-order valence-corrected chi connectivity index (χ0v) is 36.6. The van der Waals surface area contributed by atoms with Crippen molar-refractivity contribution in [2.75, 3.05) is 26.4 Å². The predicted octanol–water partition coefficient (Wildman–Crippen LogP) is 12.2. The molecule has 0 aromatic heterocycles. The van der Waals surface area contributed by atoms with Crippen molar-refractivity contribution >= 4 is 19.8 Å². The van der Waals surface area contributed by atoms with Gasteiger partial charge >= 0.3 is 19.8 Å². The van der Waals surface area contributed by atoms with E-state index in [4.69, 9.17) is 19.1 Å². The molecule has 328 valence electrons. The molecule has 0 rings (SSSR count). The number of carbonyl (C=O) groups is 2. The van der Waals surface area contributed by atoms with Crippen LogP contribution in [0.15, 0.2) is 0 Å². The molecule has 11 heteroatoms. The van der Waals surface area contributed by atoms with Gasteiger partial charge in [-0.25, -0.2) is 4.57 Å². The number of hydrogen-bond donors (Lipinski definition) is 3. The lowest BCUT2D eigenvalue weighted by Gasteiger charge is -2.19. The fourth-order valence-corrected chi connectivity index (χ4v) is 7.67. The van der Waals surface area contributed by atoms with Crippen LogP contribution in [0, 0.1) is 0 Å². The fraction of sp³-hybridized carbons (Fsp3) is 0.955. The Labute approximate surface area is 337 Å². The first kappa shape index (κ1) is 54.0.